The highest BCUT2D eigenvalue weighted by molar-refractivity contribution is 8.18. The van der Waals surface area contributed by atoms with E-state index in [1.165, 1.54) is 21.2 Å². The maximum atomic E-state index is 13.1. The number of rotatable bonds is 7. The summed E-state index contributed by atoms with van der Waals surface area (Å²) in [7, 11) is 0. The van der Waals surface area contributed by atoms with Crippen molar-refractivity contribution in [1.29, 1.82) is 0 Å². The first-order chi connectivity index (χ1) is 18.5. The van der Waals surface area contributed by atoms with Crippen LogP contribution in [0.3, 0.4) is 0 Å². The van der Waals surface area contributed by atoms with Gasteiger partial charge in [0, 0.05) is 34.2 Å². The van der Waals surface area contributed by atoms with Crippen molar-refractivity contribution in [2.75, 3.05) is 13.2 Å². The van der Waals surface area contributed by atoms with Gasteiger partial charge in [0.1, 0.15) is 12.4 Å². The molecule has 4 aromatic carbocycles. The maximum absolute atomic E-state index is 13.1. The molecule has 1 aliphatic rings. The zero-order valence-electron chi connectivity index (χ0n) is 20.3. The Morgan fingerprint density at radius 3 is 2.47 bits per heavy atom. The molecule has 1 aliphatic heterocycles. The molecule has 0 bridgehead atoms. The minimum atomic E-state index is -0.300. The molecule has 1 aromatic heterocycles. The summed E-state index contributed by atoms with van der Waals surface area (Å²) in [6.07, 6.45) is 3.88. The Balaban J connectivity index is 1.22. The number of carbonyl (C=O) groups excluding carboxylic acids is 2. The van der Waals surface area contributed by atoms with E-state index in [0.717, 1.165) is 28.2 Å². The Labute approximate surface area is 229 Å². The summed E-state index contributed by atoms with van der Waals surface area (Å²) in [6.45, 7) is 1.08. The summed E-state index contributed by atoms with van der Waals surface area (Å²) >= 11 is 6.87. The van der Waals surface area contributed by atoms with Gasteiger partial charge < -0.3 is 9.30 Å². The van der Waals surface area contributed by atoms with Gasteiger partial charge in [0.05, 0.1) is 11.4 Å². The number of hydrogen-bond acceptors (Lipinski definition) is 4. The summed E-state index contributed by atoms with van der Waals surface area (Å²) in [6, 6.07) is 29.9. The highest BCUT2D eigenvalue weighted by Crippen LogP contribution is 2.34. The summed E-state index contributed by atoms with van der Waals surface area (Å²) in [5.74, 6) is 0.335. The monoisotopic (exact) mass is 538 g/mol. The molecule has 38 heavy (non-hydrogen) atoms. The fourth-order valence-corrected chi connectivity index (χ4v) is 5.66. The van der Waals surface area contributed by atoms with Gasteiger partial charge in [-0.05, 0) is 70.6 Å². The van der Waals surface area contributed by atoms with Gasteiger partial charge in [-0.1, -0.05) is 66.2 Å². The average molecular weight is 539 g/mol. The Morgan fingerprint density at radius 1 is 0.868 bits per heavy atom. The lowest BCUT2D eigenvalue weighted by Crippen LogP contribution is -2.32. The van der Waals surface area contributed by atoms with Gasteiger partial charge in [0.15, 0.2) is 0 Å². The maximum Gasteiger partial charge on any atom is 0.293 e. The second-order valence-corrected chi connectivity index (χ2v) is 10.5. The number of hydrogen-bond donors (Lipinski definition) is 0. The van der Waals surface area contributed by atoms with Crippen LogP contribution in [0.4, 0.5) is 4.79 Å². The van der Waals surface area contributed by atoms with Crippen molar-refractivity contribution in [2.45, 2.75) is 6.54 Å². The summed E-state index contributed by atoms with van der Waals surface area (Å²) in [5, 5.41) is 3.78. The number of halogens is 1. The Bertz CT molecular complexity index is 1710. The molecule has 0 spiro atoms. The lowest BCUT2D eigenvalue weighted by molar-refractivity contribution is -0.123. The van der Waals surface area contributed by atoms with Crippen molar-refractivity contribution < 1.29 is 14.3 Å². The van der Waals surface area contributed by atoms with Crippen LogP contribution in [0.2, 0.25) is 5.02 Å². The van der Waals surface area contributed by atoms with Gasteiger partial charge in [-0.2, -0.15) is 0 Å². The number of fused-ring (bicyclic) bond motifs is 2. The van der Waals surface area contributed by atoms with Crippen molar-refractivity contribution in [3.05, 3.63) is 118 Å². The minimum Gasteiger partial charge on any atom is -0.492 e. The Hall–Kier alpha value is -4.00. The van der Waals surface area contributed by atoms with Gasteiger partial charge in [-0.25, -0.2) is 0 Å². The molecule has 0 radical (unpaired) electrons. The van der Waals surface area contributed by atoms with Crippen molar-refractivity contribution in [1.82, 2.24) is 9.47 Å². The molecule has 5 aromatic rings. The van der Waals surface area contributed by atoms with Crippen LogP contribution in [0.1, 0.15) is 11.1 Å². The second-order valence-electron chi connectivity index (χ2n) is 9.05. The molecule has 0 N–H and O–H groups in total. The normalized spacial score (nSPS) is 14.8. The Morgan fingerprint density at radius 2 is 1.63 bits per heavy atom. The predicted octanol–water partition coefficient (Wildman–Crippen LogP) is 7.61. The fourth-order valence-electron chi connectivity index (χ4n) is 4.67. The number of thioether (sulfide) groups is 1. The quantitative estimate of drug-likeness (QED) is 0.200. The number of nitrogens with zero attached hydrogens (tertiary/aromatic N) is 2. The van der Waals surface area contributed by atoms with Crippen LogP contribution in [0.25, 0.3) is 27.8 Å². The molecule has 188 valence electrons. The summed E-state index contributed by atoms with van der Waals surface area (Å²) in [4.78, 5) is 27.4. The zero-order valence-corrected chi connectivity index (χ0v) is 21.9. The molecule has 1 saturated heterocycles. The second kappa shape index (κ2) is 10.4. The van der Waals surface area contributed by atoms with Crippen LogP contribution in [0, 0.1) is 0 Å². The van der Waals surface area contributed by atoms with Crippen LogP contribution in [-0.4, -0.2) is 33.8 Å². The van der Waals surface area contributed by atoms with E-state index in [1.807, 2.05) is 36.4 Å². The molecule has 0 atom stereocenters. The van der Waals surface area contributed by atoms with E-state index in [2.05, 4.69) is 47.2 Å². The molecular weight excluding hydrogens is 516 g/mol. The first-order valence-electron chi connectivity index (χ1n) is 12.2. The SMILES string of the molecule is O=C1S/C(=C\c2cn(Cc3ccc4ccccc4c3)c3ccccc23)C(=O)N1CCOc1ccc(Cl)cc1. The summed E-state index contributed by atoms with van der Waals surface area (Å²) < 4.78 is 7.87. The van der Waals surface area contributed by atoms with Crippen molar-refractivity contribution in [3.8, 4) is 5.75 Å². The minimum absolute atomic E-state index is 0.175. The van der Waals surface area contributed by atoms with E-state index in [9.17, 15) is 9.59 Å². The standard InChI is InChI=1S/C31H23ClN2O3S/c32-25-11-13-26(14-12-25)37-16-15-34-30(35)29(38-31(34)36)18-24-20-33(28-8-4-3-7-27(24)28)19-21-9-10-22-5-1-2-6-23(22)17-21/h1-14,17-18,20H,15-16,19H2/b29-18-. The molecule has 6 rings (SSSR count). The van der Waals surface area contributed by atoms with Crippen LogP contribution in [-0.2, 0) is 11.3 Å². The topological polar surface area (TPSA) is 51.5 Å². The van der Waals surface area contributed by atoms with Crippen molar-refractivity contribution in [2.24, 2.45) is 0 Å². The van der Waals surface area contributed by atoms with Gasteiger partial charge >= 0.3 is 0 Å². The van der Waals surface area contributed by atoms with Crippen LogP contribution in [0.15, 0.2) is 102 Å². The van der Waals surface area contributed by atoms with Crippen LogP contribution < -0.4 is 4.74 Å². The van der Waals surface area contributed by atoms with Gasteiger partial charge in [0.25, 0.3) is 11.1 Å². The van der Waals surface area contributed by atoms with E-state index in [0.29, 0.717) is 22.2 Å². The van der Waals surface area contributed by atoms with Crippen LogP contribution >= 0.6 is 23.4 Å². The molecule has 7 heteroatoms. The number of benzene rings is 4. The zero-order chi connectivity index (χ0) is 26.1. The first-order valence-corrected chi connectivity index (χ1v) is 13.4. The average Bonchev–Trinajstić information content (AvgIpc) is 3.41. The van der Waals surface area contributed by atoms with Crippen molar-refractivity contribution >= 4 is 62.3 Å². The number of ether oxygens (including phenoxy) is 1. The van der Waals surface area contributed by atoms with E-state index >= 15 is 0 Å². The molecule has 2 amide bonds. The van der Waals surface area contributed by atoms with Crippen LogP contribution in [0.5, 0.6) is 5.75 Å². The third-order valence-electron chi connectivity index (χ3n) is 6.54. The van der Waals surface area contributed by atoms with E-state index in [-0.39, 0.29) is 24.3 Å². The number of imide groups is 1. The van der Waals surface area contributed by atoms with Crippen molar-refractivity contribution in [3.63, 3.8) is 0 Å². The fraction of sp³-hybridized carbons (Fsp3) is 0.0968. The molecule has 5 nitrogen and oxygen atoms in total. The Kier molecular flexibility index (Phi) is 6.66. The third-order valence-corrected chi connectivity index (χ3v) is 7.70. The number of para-hydroxylation sites is 1. The molecule has 0 unspecified atom stereocenters. The first kappa shape index (κ1) is 24.3. The molecule has 0 saturated carbocycles. The largest absolute Gasteiger partial charge is 0.492 e. The predicted molar refractivity (Wildman–Crippen MR) is 155 cm³/mol. The number of aromatic nitrogens is 1. The number of amides is 2. The van der Waals surface area contributed by atoms with E-state index < -0.39 is 0 Å². The van der Waals surface area contributed by atoms with Gasteiger partial charge in [-0.3, -0.25) is 14.5 Å². The smallest absolute Gasteiger partial charge is 0.293 e. The lowest BCUT2D eigenvalue weighted by Gasteiger charge is -2.13. The van der Waals surface area contributed by atoms with Gasteiger partial charge in [-0.15, -0.1) is 0 Å². The van der Waals surface area contributed by atoms with E-state index in [1.54, 1.807) is 24.3 Å². The summed E-state index contributed by atoms with van der Waals surface area (Å²) in [5.41, 5.74) is 3.17. The molecule has 2 heterocycles. The highest BCUT2D eigenvalue weighted by Gasteiger charge is 2.35. The highest BCUT2D eigenvalue weighted by atomic mass is 35.5. The third kappa shape index (κ3) is 4.93. The molecular formula is C31H23ClN2O3S. The van der Waals surface area contributed by atoms with E-state index in [4.69, 9.17) is 16.3 Å². The van der Waals surface area contributed by atoms with Gasteiger partial charge in [0.2, 0.25) is 0 Å². The molecule has 1 fully saturated rings. The molecule has 0 aliphatic carbocycles. The lowest BCUT2D eigenvalue weighted by atomic mass is 10.1. The number of carbonyl (C=O) groups is 2.